The van der Waals surface area contributed by atoms with Gasteiger partial charge in [0.05, 0.1) is 7.11 Å². The first-order chi connectivity index (χ1) is 20.6. The van der Waals surface area contributed by atoms with Crippen molar-refractivity contribution in [1.82, 2.24) is 10.3 Å². The van der Waals surface area contributed by atoms with Crippen molar-refractivity contribution in [2.75, 3.05) is 13.9 Å². The highest BCUT2D eigenvalue weighted by atomic mass is 16.7. The van der Waals surface area contributed by atoms with Gasteiger partial charge in [0.2, 0.25) is 6.79 Å². The minimum absolute atomic E-state index is 0.0335. The largest absolute Gasteiger partial charge is 0.493 e. The van der Waals surface area contributed by atoms with Crippen molar-refractivity contribution in [3.63, 3.8) is 0 Å². The molecule has 0 spiro atoms. The van der Waals surface area contributed by atoms with Crippen LogP contribution in [0.25, 0.3) is 0 Å². The minimum atomic E-state index is -1.02. The number of hydrogen-bond acceptors (Lipinski definition) is 9. The molecule has 0 aliphatic heterocycles. The quantitative estimate of drug-likeness (QED) is 0.112. The molecule has 232 valence electrons. The summed E-state index contributed by atoms with van der Waals surface area (Å²) in [5.74, 6) is -1.24. The molecule has 43 heavy (non-hydrogen) atoms. The zero-order valence-electron chi connectivity index (χ0n) is 25.7. The van der Waals surface area contributed by atoms with E-state index < -0.39 is 36.8 Å². The fourth-order valence-corrected chi connectivity index (χ4v) is 4.26. The molecule has 2 rings (SSSR count). The Morgan fingerprint density at radius 2 is 1.81 bits per heavy atom. The molecule has 10 nitrogen and oxygen atoms in total. The maximum absolute atomic E-state index is 13.2. The molecule has 0 radical (unpaired) electrons. The summed E-state index contributed by atoms with van der Waals surface area (Å²) >= 11 is 0. The molecule has 2 aromatic rings. The number of allylic oxidation sites excluding steroid dienone is 4. The molecule has 1 N–H and O–H groups in total. The van der Waals surface area contributed by atoms with Gasteiger partial charge in [-0.05, 0) is 51.3 Å². The van der Waals surface area contributed by atoms with E-state index in [1.165, 1.54) is 33.2 Å². The van der Waals surface area contributed by atoms with Crippen LogP contribution in [0.15, 0.2) is 79.2 Å². The molecule has 0 saturated carbocycles. The SMILES string of the molecule is C=C/C=C\C(=C/C)O[C@@H](CC)[C@@H](Cc1ccccc1)[C@H](C)OC(=O)[C@H](C)NC(=O)c1nccc(OC)c1OCOC(C)=O. The van der Waals surface area contributed by atoms with Crippen LogP contribution in [0.2, 0.25) is 0 Å². The van der Waals surface area contributed by atoms with Crippen LogP contribution < -0.4 is 14.8 Å². The number of methoxy groups -OCH3 is 1. The Kier molecular flexibility index (Phi) is 14.5. The van der Waals surface area contributed by atoms with Crippen LogP contribution in [0.1, 0.15) is 57.1 Å². The van der Waals surface area contributed by atoms with Crippen molar-refractivity contribution >= 4 is 17.8 Å². The monoisotopic (exact) mass is 594 g/mol. The fraction of sp³-hybridized carbons (Fsp3) is 0.394. The lowest BCUT2D eigenvalue weighted by atomic mass is 9.88. The molecule has 0 saturated heterocycles. The van der Waals surface area contributed by atoms with Crippen LogP contribution in [0.4, 0.5) is 0 Å². The minimum Gasteiger partial charge on any atom is -0.493 e. The van der Waals surface area contributed by atoms with E-state index in [1.54, 1.807) is 12.2 Å². The molecule has 10 heteroatoms. The van der Waals surface area contributed by atoms with Crippen molar-refractivity contribution in [3.05, 3.63) is 90.5 Å². The number of benzene rings is 1. The molecule has 4 atom stereocenters. The highest BCUT2D eigenvalue weighted by Crippen LogP contribution is 2.30. The van der Waals surface area contributed by atoms with Gasteiger partial charge in [0, 0.05) is 25.1 Å². The molecule has 0 unspecified atom stereocenters. The van der Waals surface area contributed by atoms with E-state index in [1.807, 2.05) is 63.3 Å². The van der Waals surface area contributed by atoms with Crippen molar-refractivity contribution in [3.8, 4) is 11.5 Å². The number of nitrogens with zero attached hydrogens (tertiary/aromatic N) is 1. The topological polar surface area (TPSA) is 122 Å². The molecule has 0 bridgehead atoms. The lowest BCUT2D eigenvalue weighted by Gasteiger charge is -2.32. The summed E-state index contributed by atoms with van der Waals surface area (Å²) in [4.78, 5) is 41.6. The predicted molar refractivity (Wildman–Crippen MR) is 162 cm³/mol. The second-order valence-corrected chi connectivity index (χ2v) is 9.63. The van der Waals surface area contributed by atoms with Crippen LogP contribution >= 0.6 is 0 Å². The summed E-state index contributed by atoms with van der Waals surface area (Å²) in [5.41, 5.74) is 0.930. The maximum Gasteiger partial charge on any atom is 0.328 e. The number of hydrogen-bond donors (Lipinski definition) is 1. The van der Waals surface area contributed by atoms with Gasteiger partial charge in [-0.1, -0.05) is 56.0 Å². The van der Waals surface area contributed by atoms with E-state index in [-0.39, 0.29) is 29.2 Å². The zero-order chi connectivity index (χ0) is 31.8. The third kappa shape index (κ3) is 11.0. The van der Waals surface area contributed by atoms with Gasteiger partial charge in [0.1, 0.15) is 24.0 Å². The molecular weight excluding hydrogens is 552 g/mol. The van der Waals surface area contributed by atoms with Crippen molar-refractivity contribution < 1.29 is 38.1 Å². The molecule has 0 fully saturated rings. The molecule has 0 aliphatic rings. The van der Waals surface area contributed by atoms with E-state index in [9.17, 15) is 14.4 Å². The second kappa shape index (κ2) is 18.0. The van der Waals surface area contributed by atoms with Crippen molar-refractivity contribution in [2.24, 2.45) is 5.92 Å². The van der Waals surface area contributed by atoms with Gasteiger partial charge in [0.25, 0.3) is 5.91 Å². The average molecular weight is 595 g/mol. The Balaban J connectivity index is 2.21. The summed E-state index contributed by atoms with van der Waals surface area (Å²) in [6, 6.07) is 10.4. The van der Waals surface area contributed by atoms with Crippen LogP contribution in [0.5, 0.6) is 11.5 Å². The normalized spacial score (nSPS) is 14.1. The number of carbonyl (C=O) groups excluding carboxylic acids is 3. The zero-order valence-corrected chi connectivity index (χ0v) is 25.7. The number of rotatable bonds is 17. The molecule has 1 amide bonds. The van der Waals surface area contributed by atoms with Crippen LogP contribution in [0, 0.1) is 5.92 Å². The van der Waals surface area contributed by atoms with Gasteiger partial charge in [0.15, 0.2) is 17.2 Å². The first-order valence-electron chi connectivity index (χ1n) is 14.1. The van der Waals surface area contributed by atoms with E-state index in [2.05, 4.69) is 16.9 Å². The standard InChI is InChI=1S/C33H42N2O8/c1-8-11-17-26(9-2)43-28(10-3)27(20-25-15-13-12-14-16-25)23(5)42-33(38)22(4)35-32(37)30-31(41-21-40-24(6)36)29(39-7)18-19-34-30/h8-9,11-19,22-23,27-28H,1,10,20-21H2,2-7H3,(H,35,37)/b17-11-,26-9+/t22-,23-,27-,28-/m0/s1. The van der Waals surface area contributed by atoms with Crippen molar-refractivity contribution in [1.29, 1.82) is 0 Å². The van der Waals surface area contributed by atoms with Crippen LogP contribution in [0.3, 0.4) is 0 Å². The third-order valence-corrected chi connectivity index (χ3v) is 6.54. The number of esters is 2. The predicted octanol–water partition coefficient (Wildman–Crippen LogP) is 5.34. The Bertz CT molecular complexity index is 1270. The Labute approximate surface area is 253 Å². The van der Waals surface area contributed by atoms with Gasteiger partial charge >= 0.3 is 11.9 Å². The van der Waals surface area contributed by atoms with Crippen molar-refractivity contribution in [2.45, 2.75) is 65.7 Å². The Morgan fingerprint density at radius 1 is 1.09 bits per heavy atom. The van der Waals surface area contributed by atoms with E-state index in [0.29, 0.717) is 18.6 Å². The summed E-state index contributed by atoms with van der Waals surface area (Å²) in [6.07, 6.45) is 8.98. The Morgan fingerprint density at radius 3 is 2.42 bits per heavy atom. The smallest absolute Gasteiger partial charge is 0.328 e. The number of nitrogens with one attached hydrogen (secondary N) is 1. The number of carbonyl (C=O) groups is 3. The molecule has 1 aromatic heterocycles. The molecule has 0 aliphatic carbocycles. The third-order valence-electron chi connectivity index (χ3n) is 6.54. The Hall–Kier alpha value is -4.60. The number of amides is 1. The fourth-order valence-electron chi connectivity index (χ4n) is 4.26. The lowest BCUT2D eigenvalue weighted by Crippen LogP contribution is -2.43. The van der Waals surface area contributed by atoms with Gasteiger partial charge in [-0.25, -0.2) is 9.78 Å². The maximum atomic E-state index is 13.2. The van der Waals surface area contributed by atoms with Crippen LogP contribution in [-0.4, -0.2) is 55.0 Å². The van der Waals surface area contributed by atoms with Gasteiger partial charge in [-0.15, -0.1) is 0 Å². The summed E-state index contributed by atoms with van der Waals surface area (Å²) < 4.78 is 27.8. The number of pyridine rings is 1. The van der Waals surface area contributed by atoms with E-state index in [4.69, 9.17) is 23.7 Å². The molecule has 1 aromatic carbocycles. The van der Waals surface area contributed by atoms with E-state index >= 15 is 0 Å². The summed E-state index contributed by atoms with van der Waals surface area (Å²) in [6.45, 7) is 11.7. The summed E-state index contributed by atoms with van der Waals surface area (Å²) in [7, 11) is 1.39. The first-order valence-corrected chi connectivity index (χ1v) is 14.1. The number of aromatic nitrogens is 1. The van der Waals surface area contributed by atoms with Gasteiger partial charge < -0.3 is 29.0 Å². The van der Waals surface area contributed by atoms with E-state index in [0.717, 1.165) is 5.56 Å². The molecule has 1 heterocycles. The average Bonchev–Trinajstić information content (AvgIpc) is 3.00. The first kappa shape index (κ1) is 34.6. The highest BCUT2D eigenvalue weighted by Gasteiger charge is 2.32. The second-order valence-electron chi connectivity index (χ2n) is 9.63. The summed E-state index contributed by atoms with van der Waals surface area (Å²) in [5, 5.41) is 2.61. The van der Waals surface area contributed by atoms with Gasteiger partial charge in [-0.2, -0.15) is 0 Å². The lowest BCUT2D eigenvalue weighted by molar-refractivity contribution is -0.155. The molecular formula is C33H42N2O8. The highest BCUT2D eigenvalue weighted by molar-refractivity contribution is 5.98. The van der Waals surface area contributed by atoms with Gasteiger partial charge in [-0.3, -0.25) is 9.59 Å². The number of ether oxygens (including phenoxy) is 5. The van der Waals surface area contributed by atoms with Crippen LogP contribution in [-0.2, 0) is 30.2 Å².